The average Bonchev–Trinajstić information content (AvgIpc) is 3.88. The molecule has 0 aliphatic heterocycles. The maximum absolute atomic E-state index is 6.64. The van der Waals surface area contributed by atoms with Crippen molar-refractivity contribution in [2.45, 2.75) is 0 Å². The maximum atomic E-state index is 6.64. The van der Waals surface area contributed by atoms with Crippen molar-refractivity contribution in [3.05, 3.63) is 231 Å². The Bertz CT molecular complexity index is 3580. The molecule has 0 bridgehead atoms. The minimum Gasteiger partial charge on any atom is -0.454 e. The van der Waals surface area contributed by atoms with Crippen LogP contribution in [0.1, 0.15) is 0 Å². The van der Waals surface area contributed by atoms with Gasteiger partial charge in [-0.15, -0.1) is 0 Å². The van der Waals surface area contributed by atoms with Gasteiger partial charge in [-0.25, -0.2) is 0 Å². The third-order valence-electron chi connectivity index (χ3n) is 12.2. The Labute approximate surface area is 353 Å². The second kappa shape index (κ2) is 14.3. The lowest BCUT2D eigenvalue weighted by Gasteiger charge is -2.26. The topological polar surface area (TPSA) is 21.3 Å². The van der Waals surface area contributed by atoms with Crippen LogP contribution < -0.4 is 4.90 Å². The van der Waals surface area contributed by atoms with Gasteiger partial charge in [-0.05, 0) is 123 Å². The van der Waals surface area contributed by atoms with Gasteiger partial charge in [0.1, 0.15) is 5.58 Å². The van der Waals surface area contributed by atoms with Gasteiger partial charge < -0.3 is 13.9 Å². The number of hydrogen-bond donors (Lipinski definition) is 0. The molecule has 0 atom stereocenters. The molecule has 286 valence electrons. The van der Waals surface area contributed by atoms with Gasteiger partial charge in [0.2, 0.25) is 0 Å². The minimum atomic E-state index is 0.861. The molecule has 61 heavy (non-hydrogen) atoms. The predicted octanol–water partition coefficient (Wildman–Crippen LogP) is 16.3. The number of furan rings is 1. The van der Waals surface area contributed by atoms with Crippen molar-refractivity contribution in [2.75, 3.05) is 4.90 Å². The van der Waals surface area contributed by atoms with Crippen LogP contribution in [0.3, 0.4) is 0 Å². The Morgan fingerprint density at radius 1 is 0.328 bits per heavy atom. The molecule has 0 unspecified atom stereocenters. The number of aromatic nitrogens is 1. The van der Waals surface area contributed by atoms with Crippen LogP contribution in [-0.2, 0) is 0 Å². The van der Waals surface area contributed by atoms with Gasteiger partial charge in [0.15, 0.2) is 5.58 Å². The molecule has 3 nitrogen and oxygen atoms in total. The molecule has 0 spiro atoms. The molecular weight excluding hydrogens is 741 g/mol. The van der Waals surface area contributed by atoms with Crippen LogP contribution in [0.15, 0.2) is 235 Å². The van der Waals surface area contributed by atoms with E-state index in [1.807, 2.05) is 12.1 Å². The second-order valence-electron chi connectivity index (χ2n) is 15.7. The normalized spacial score (nSPS) is 11.6. The molecule has 0 saturated heterocycles. The summed E-state index contributed by atoms with van der Waals surface area (Å²) < 4.78 is 9.00. The Balaban J connectivity index is 0.941. The van der Waals surface area contributed by atoms with Crippen molar-refractivity contribution >= 4 is 71.6 Å². The fourth-order valence-electron chi connectivity index (χ4n) is 9.20. The van der Waals surface area contributed by atoms with Crippen LogP contribution in [0.4, 0.5) is 17.1 Å². The number of rotatable bonds is 7. The fraction of sp³-hybridized carbons (Fsp3) is 0. The molecule has 0 aliphatic rings. The Morgan fingerprint density at radius 2 is 0.885 bits per heavy atom. The first-order valence-electron chi connectivity index (χ1n) is 20.8. The van der Waals surface area contributed by atoms with E-state index in [0.29, 0.717) is 0 Å². The molecule has 12 rings (SSSR count). The van der Waals surface area contributed by atoms with Gasteiger partial charge in [-0.3, -0.25) is 0 Å². The second-order valence-corrected chi connectivity index (χ2v) is 15.7. The summed E-state index contributed by atoms with van der Waals surface area (Å²) in [6.07, 6.45) is 0. The molecule has 0 amide bonds. The first-order valence-corrected chi connectivity index (χ1v) is 20.8. The van der Waals surface area contributed by atoms with Crippen molar-refractivity contribution in [1.82, 2.24) is 4.57 Å². The summed E-state index contributed by atoms with van der Waals surface area (Å²) >= 11 is 0. The first-order chi connectivity index (χ1) is 30.2. The van der Waals surface area contributed by atoms with Crippen molar-refractivity contribution in [3.63, 3.8) is 0 Å². The van der Waals surface area contributed by atoms with Gasteiger partial charge in [-0.1, -0.05) is 152 Å². The third kappa shape index (κ3) is 5.98. The molecule has 0 N–H and O–H groups in total. The third-order valence-corrected chi connectivity index (χ3v) is 12.2. The molecule has 0 radical (unpaired) electrons. The molecule has 0 aliphatic carbocycles. The quantitative estimate of drug-likeness (QED) is 0.161. The number of para-hydroxylation sites is 4. The van der Waals surface area contributed by atoms with Gasteiger partial charge in [0.25, 0.3) is 0 Å². The van der Waals surface area contributed by atoms with Crippen LogP contribution >= 0.6 is 0 Å². The molecule has 10 aromatic carbocycles. The molecular formula is C58H38N2O. The van der Waals surface area contributed by atoms with Crippen LogP contribution in [0.25, 0.3) is 93.6 Å². The summed E-state index contributed by atoms with van der Waals surface area (Å²) in [5.41, 5.74) is 15.5. The standard InChI is InChI=1S/C58H38N2O/c1-2-16-47(17-3-1)60-54-21-8-6-18-50(54)53-38-46(30-35-55(53)60)41-28-33-49(34-29-41)59(56-22-11-20-52-51-19-7-9-23-57(51)61-58(52)56)48-31-26-40(27-32-48)43-14-10-15-44(36-43)45-25-24-39-12-4-5-13-42(39)37-45/h1-38H. The largest absolute Gasteiger partial charge is 0.454 e. The summed E-state index contributed by atoms with van der Waals surface area (Å²) in [5, 5.41) is 7.19. The Kier molecular flexibility index (Phi) is 8.17. The van der Waals surface area contributed by atoms with Crippen LogP contribution in [0, 0.1) is 0 Å². The minimum absolute atomic E-state index is 0.861. The van der Waals surface area contributed by atoms with Gasteiger partial charge in [0, 0.05) is 38.6 Å². The summed E-state index contributed by atoms with van der Waals surface area (Å²) in [6.45, 7) is 0. The lowest BCUT2D eigenvalue weighted by atomic mass is 9.97. The summed E-state index contributed by atoms with van der Waals surface area (Å²) in [6, 6.07) is 82.9. The molecule has 2 aromatic heterocycles. The van der Waals surface area contributed by atoms with Gasteiger partial charge in [-0.2, -0.15) is 0 Å². The van der Waals surface area contributed by atoms with Crippen molar-refractivity contribution in [2.24, 2.45) is 0 Å². The van der Waals surface area contributed by atoms with Crippen LogP contribution in [0.5, 0.6) is 0 Å². The van der Waals surface area contributed by atoms with E-state index in [1.165, 1.54) is 54.8 Å². The Morgan fingerprint density at radius 3 is 1.67 bits per heavy atom. The number of benzene rings is 10. The maximum Gasteiger partial charge on any atom is 0.159 e. The van der Waals surface area contributed by atoms with Crippen molar-refractivity contribution in [1.29, 1.82) is 0 Å². The fourth-order valence-corrected chi connectivity index (χ4v) is 9.20. The highest BCUT2D eigenvalue weighted by Crippen LogP contribution is 2.43. The van der Waals surface area contributed by atoms with Crippen LogP contribution in [-0.4, -0.2) is 4.57 Å². The van der Waals surface area contributed by atoms with E-state index in [0.717, 1.165) is 55.8 Å². The number of hydrogen-bond acceptors (Lipinski definition) is 2. The zero-order valence-electron chi connectivity index (χ0n) is 33.2. The van der Waals surface area contributed by atoms with E-state index < -0.39 is 0 Å². The summed E-state index contributed by atoms with van der Waals surface area (Å²) in [7, 11) is 0. The van der Waals surface area contributed by atoms with Gasteiger partial charge >= 0.3 is 0 Å². The zero-order chi connectivity index (χ0) is 40.3. The predicted molar refractivity (Wildman–Crippen MR) is 257 cm³/mol. The molecule has 12 aromatic rings. The van der Waals surface area contributed by atoms with E-state index >= 15 is 0 Å². The Hall–Kier alpha value is -8.14. The summed E-state index contributed by atoms with van der Waals surface area (Å²) in [5.74, 6) is 0. The highest BCUT2D eigenvalue weighted by atomic mass is 16.3. The zero-order valence-corrected chi connectivity index (χ0v) is 33.2. The van der Waals surface area contributed by atoms with Crippen LogP contribution in [0.2, 0.25) is 0 Å². The lowest BCUT2D eigenvalue weighted by molar-refractivity contribution is 0.669. The van der Waals surface area contributed by atoms with Gasteiger partial charge in [0.05, 0.1) is 16.7 Å². The van der Waals surface area contributed by atoms with E-state index in [4.69, 9.17) is 4.42 Å². The van der Waals surface area contributed by atoms with E-state index in [9.17, 15) is 0 Å². The number of fused-ring (bicyclic) bond motifs is 7. The lowest BCUT2D eigenvalue weighted by Crippen LogP contribution is -2.10. The molecule has 3 heteroatoms. The highest BCUT2D eigenvalue weighted by Gasteiger charge is 2.20. The molecule has 2 heterocycles. The van der Waals surface area contributed by atoms with E-state index in [1.54, 1.807) is 0 Å². The van der Waals surface area contributed by atoms with Crippen molar-refractivity contribution < 1.29 is 4.42 Å². The van der Waals surface area contributed by atoms with E-state index in [-0.39, 0.29) is 0 Å². The van der Waals surface area contributed by atoms with E-state index in [2.05, 4.69) is 228 Å². The smallest absolute Gasteiger partial charge is 0.159 e. The number of anilines is 3. The number of nitrogens with zero attached hydrogens (tertiary/aromatic N) is 2. The molecule has 0 saturated carbocycles. The highest BCUT2D eigenvalue weighted by molar-refractivity contribution is 6.11. The van der Waals surface area contributed by atoms with Crippen molar-refractivity contribution in [3.8, 4) is 39.1 Å². The SMILES string of the molecule is c1ccc(-n2c3ccccc3c3cc(-c4ccc(N(c5ccc(-c6cccc(-c7ccc8ccccc8c7)c6)cc5)c5cccc6c5oc5ccccc56)cc4)ccc32)cc1. The monoisotopic (exact) mass is 778 g/mol. The summed E-state index contributed by atoms with van der Waals surface area (Å²) in [4.78, 5) is 2.32. The first kappa shape index (κ1) is 34.9. The molecule has 0 fully saturated rings. The average molecular weight is 779 g/mol.